The van der Waals surface area contributed by atoms with Crippen LogP contribution in [0.15, 0.2) is 0 Å². The number of nitrogens with zero attached hydrogens (tertiary/aromatic N) is 1. The third kappa shape index (κ3) is 2.71. The van der Waals surface area contributed by atoms with Gasteiger partial charge in [-0.25, -0.2) is 0 Å². The lowest BCUT2D eigenvalue weighted by molar-refractivity contribution is -0.136. The van der Waals surface area contributed by atoms with Crippen molar-refractivity contribution in [3.8, 4) is 0 Å². The van der Waals surface area contributed by atoms with Gasteiger partial charge in [0.15, 0.2) is 0 Å². The average Bonchev–Trinajstić information content (AvgIpc) is 2.58. The summed E-state index contributed by atoms with van der Waals surface area (Å²) in [7, 11) is 0. The van der Waals surface area contributed by atoms with Gasteiger partial charge in [0, 0.05) is 31.1 Å². The molecule has 2 unspecified atom stereocenters. The van der Waals surface area contributed by atoms with E-state index < -0.39 is 0 Å². The van der Waals surface area contributed by atoms with E-state index in [9.17, 15) is 4.79 Å². The third-order valence-corrected chi connectivity index (χ3v) is 5.04. The summed E-state index contributed by atoms with van der Waals surface area (Å²) >= 11 is 0. The van der Waals surface area contributed by atoms with E-state index in [0.29, 0.717) is 23.9 Å². The molecule has 3 fully saturated rings. The van der Waals surface area contributed by atoms with Crippen LogP contribution in [0.5, 0.6) is 0 Å². The molecule has 3 heteroatoms. The van der Waals surface area contributed by atoms with Crippen LogP contribution in [0, 0.1) is 5.92 Å². The quantitative estimate of drug-likeness (QED) is 0.724. The molecule has 3 rings (SSSR count). The van der Waals surface area contributed by atoms with Crippen LogP contribution in [0.1, 0.15) is 57.8 Å². The largest absolute Gasteiger partial charge is 0.341 e. The second-order valence-corrected chi connectivity index (χ2v) is 6.40. The summed E-state index contributed by atoms with van der Waals surface area (Å²) in [6.07, 6.45) is 11.2. The molecule has 2 heterocycles. The maximum Gasteiger partial charge on any atom is 0.225 e. The lowest BCUT2D eigenvalue weighted by Gasteiger charge is -2.28. The van der Waals surface area contributed by atoms with Crippen LogP contribution in [0.25, 0.3) is 0 Å². The van der Waals surface area contributed by atoms with E-state index in [1.165, 1.54) is 38.5 Å². The summed E-state index contributed by atoms with van der Waals surface area (Å²) in [6.45, 7) is 1.95. The molecule has 102 valence electrons. The van der Waals surface area contributed by atoms with Gasteiger partial charge in [0.2, 0.25) is 5.91 Å². The van der Waals surface area contributed by atoms with E-state index >= 15 is 0 Å². The lowest BCUT2D eigenvalue weighted by atomic mass is 9.97. The molecule has 1 saturated carbocycles. The minimum atomic E-state index is 0.337. The maximum atomic E-state index is 12.6. The molecule has 3 nitrogen and oxygen atoms in total. The standard InChI is InChI=1S/C15H26N2O/c18-15(12-5-3-1-2-4-6-12)17-10-9-13-7-8-14(11-17)16-13/h12-14,16H,1-11H2. The van der Waals surface area contributed by atoms with Crippen molar-refractivity contribution in [3.05, 3.63) is 0 Å². The topological polar surface area (TPSA) is 32.3 Å². The molecule has 0 aromatic heterocycles. The highest BCUT2D eigenvalue weighted by molar-refractivity contribution is 5.79. The second-order valence-electron chi connectivity index (χ2n) is 6.40. The van der Waals surface area contributed by atoms with E-state index in [1.54, 1.807) is 0 Å². The third-order valence-electron chi connectivity index (χ3n) is 5.04. The molecular formula is C15H26N2O. The van der Waals surface area contributed by atoms with E-state index in [-0.39, 0.29) is 0 Å². The van der Waals surface area contributed by atoms with Crippen LogP contribution in [0.2, 0.25) is 0 Å². The molecule has 1 N–H and O–H groups in total. The molecule has 1 aliphatic carbocycles. The fraction of sp³-hybridized carbons (Fsp3) is 0.933. The molecule has 0 spiro atoms. The van der Waals surface area contributed by atoms with Crippen LogP contribution in [0.3, 0.4) is 0 Å². The molecule has 2 atom stereocenters. The highest BCUT2D eigenvalue weighted by atomic mass is 16.2. The van der Waals surface area contributed by atoms with Crippen molar-refractivity contribution in [3.63, 3.8) is 0 Å². The Morgan fingerprint density at radius 1 is 0.889 bits per heavy atom. The number of rotatable bonds is 1. The Hall–Kier alpha value is -0.570. The zero-order valence-electron chi connectivity index (χ0n) is 11.4. The van der Waals surface area contributed by atoms with Gasteiger partial charge in [0.05, 0.1) is 0 Å². The average molecular weight is 250 g/mol. The van der Waals surface area contributed by atoms with Crippen molar-refractivity contribution in [1.82, 2.24) is 10.2 Å². The first-order chi connectivity index (χ1) is 8.83. The Kier molecular flexibility index (Phi) is 3.88. The molecule has 2 bridgehead atoms. The van der Waals surface area contributed by atoms with E-state index in [0.717, 1.165) is 32.4 Å². The predicted octanol–water partition coefficient (Wildman–Crippen LogP) is 2.31. The number of likely N-dealkylation sites (tertiary alicyclic amines) is 1. The number of amides is 1. The Morgan fingerprint density at radius 3 is 2.39 bits per heavy atom. The number of hydrogen-bond donors (Lipinski definition) is 1. The van der Waals surface area contributed by atoms with Gasteiger partial charge in [-0.3, -0.25) is 4.79 Å². The monoisotopic (exact) mass is 250 g/mol. The Labute approximate surface area is 110 Å². The summed E-state index contributed by atoms with van der Waals surface area (Å²) in [5, 5.41) is 3.66. The summed E-state index contributed by atoms with van der Waals surface area (Å²) in [6, 6.07) is 1.26. The molecule has 0 aromatic carbocycles. The molecule has 18 heavy (non-hydrogen) atoms. The normalized spacial score (nSPS) is 34.1. The van der Waals surface area contributed by atoms with Gasteiger partial charge in [-0.05, 0) is 32.1 Å². The summed E-state index contributed by atoms with van der Waals surface area (Å²) in [5.41, 5.74) is 0. The Bertz CT molecular complexity index is 297. The SMILES string of the molecule is O=C(C1CCCCCC1)N1CCC2CCC(C1)N2. The van der Waals surface area contributed by atoms with Crippen molar-refractivity contribution in [2.24, 2.45) is 5.92 Å². The molecular weight excluding hydrogens is 224 g/mol. The van der Waals surface area contributed by atoms with Gasteiger partial charge in [-0.15, -0.1) is 0 Å². The van der Waals surface area contributed by atoms with Crippen molar-refractivity contribution in [2.45, 2.75) is 69.9 Å². The number of carbonyl (C=O) groups is 1. The van der Waals surface area contributed by atoms with Crippen LogP contribution >= 0.6 is 0 Å². The van der Waals surface area contributed by atoms with Crippen molar-refractivity contribution in [2.75, 3.05) is 13.1 Å². The first-order valence-corrected chi connectivity index (χ1v) is 7.88. The van der Waals surface area contributed by atoms with Crippen molar-refractivity contribution >= 4 is 5.91 Å². The van der Waals surface area contributed by atoms with Gasteiger partial charge in [-0.2, -0.15) is 0 Å². The summed E-state index contributed by atoms with van der Waals surface area (Å²) in [5.74, 6) is 0.801. The van der Waals surface area contributed by atoms with Crippen molar-refractivity contribution < 1.29 is 4.79 Å². The number of hydrogen-bond acceptors (Lipinski definition) is 2. The smallest absolute Gasteiger partial charge is 0.225 e. The highest BCUT2D eigenvalue weighted by Gasteiger charge is 2.33. The van der Waals surface area contributed by atoms with Gasteiger partial charge in [0.25, 0.3) is 0 Å². The van der Waals surface area contributed by atoms with E-state index in [4.69, 9.17) is 0 Å². The Balaban J connectivity index is 1.60. The van der Waals surface area contributed by atoms with Crippen LogP contribution in [0.4, 0.5) is 0 Å². The van der Waals surface area contributed by atoms with Crippen molar-refractivity contribution in [1.29, 1.82) is 0 Å². The van der Waals surface area contributed by atoms with Gasteiger partial charge < -0.3 is 10.2 Å². The number of nitrogens with one attached hydrogen (secondary N) is 1. The van der Waals surface area contributed by atoms with Gasteiger partial charge in [-0.1, -0.05) is 25.7 Å². The van der Waals surface area contributed by atoms with Gasteiger partial charge in [0.1, 0.15) is 0 Å². The molecule has 1 amide bonds. The summed E-state index contributed by atoms with van der Waals surface area (Å²) < 4.78 is 0. The number of carbonyl (C=O) groups excluding carboxylic acids is 1. The summed E-state index contributed by atoms with van der Waals surface area (Å²) in [4.78, 5) is 14.8. The molecule has 3 aliphatic rings. The zero-order valence-corrected chi connectivity index (χ0v) is 11.4. The maximum absolute atomic E-state index is 12.6. The van der Waals surface area contributed by atoms with Crippen LogP contribution in [-0.4, -0.2) is 36.0 Å². The predicted molar refractivity (Wildman–Crippen MR) is 72.3 cm³/mol. The van der Waals surface area contributed by atoms with E-state index in [2.05, 4.69) is 10.2 Å². The second kappa shape index (κ2) is 5.60. The minimum Gasteiger partial charge on any atom is -0.341 e. The zero-order chi connectivity index (χ0) is 12.4. The lowest BCUT2D eigenvalue weighted by Crippen LogP contribution is -2.42. The fourth-order valence-corrected chi connectivity index (χ4v) is 3.93. The van der Waals surface area contributed by atoms with Crippen LogP contribution < -0.4 is 5.32 Å². The van der Waals surface area contributed by atoms with E-state index in [1.807, 2.05) is 0 Å². The molecule has 2 aliphatic heterocycles. The molecule has 0 aromatic rings. The van der Waals surface area contributed by atoms with Crippen LogP contribution in [-0.2, 0) is 4.79 Å². The molecule has 2 saturated heterocycles. The Morgan fingerprint density at radius 2 is 1.61 bits per heavy atom. The first kappa shape index (κ1) is 12.5. The highest BCUT2D eigenvalue weighted by Crippen LogP contribution is 2.27. The molecule has 0 radical (unpaired) electrons. The first-order valence-electron chi connectivity index (χ1n) is 7.88. The number of fused-ring (bicyclic) bond motifs is 2. The van der Waals surface area contributed by atoms with Gasteiger partial charge >= 0.3 is 0 Å². The fourth-order valence-electron chi connectivity index (χ4n) is 3.93. The minimum absolute atomic E-state index is 0.337.